The Morgan fingerprint density at radius 3 is 1.36 bits per heavy atom. The van der Waals surface area contributed by atoms with Gasteiger partial charge < -0.3 is 28.4 Å². The van der Waals surface area contributed by atoms with Crippen molar-refractivity contribution in [2.45, 2.75) is 62.8 Å². The number of carbonyl (C=O) groups excluding carboxylic acids is 2. The molecule has 18 nitrogen and oxygen atoms in total. The van der Waals surface area contributed by atoms with E-state index in [0.717, 1.165) is 82.8 Å². The number of pyridine rings is 2. The van der Waals surface area contributed by atoms with Crippen LogP contribution in [0, 0.1) is 23.7 Å². The van der Waals surface area contributed by atoms with Crippen molar-refractivity contribution >= 4 is 76.3 Å². The summed E-state index contributed by atoms with van der Waals surface area (Å²) in [6.07, 6.45) is 10.1. The van der Waals surface area contributed by atoms with Gasteiger partial charge in [0.2, 0.25) is 11.8 Å². The van der Waals surface area contributed by atoms with Gasteiger partial charge in [-0.15, -0.1) is 10.2 Å². The number of methoxy groups -OCH3 is 2. The molecule has 3 aromatic heterocycles. The largest absolute Gasteiger partial charge is 0.497 e. The van der Waals surface area contributed by atoms with E-state index in [2.05, 4.69) is 23.0 Å². The molecule has 14 rings (SSSR count). The summed E-state index contributed by atoms with van der Waals surface area (Å²) >= 11 is 0. The average molecular weight is 1260 g/mol. The summed E-state index contributed by atoms with van der Waals surface area (Å²) in [4.78, 5) is 39.8. The molecule has 10 atom stereocenters. The summed E-state index contributed by atoms with van der Waals surface area (Å²) in [6, 6.07) is 36.8. The molecule has 8 aromatic rings. The number of nitrogens with zero attached hydrogens (tertiary/aromatic N) is 6. The minimum atomic E-state index is -3.54. The van der Waals surface area contributed by atoms with Crippen LogP contribution in [-0.2, 0) is 29.1 Å². The molecule has 6 saturated heterocycles. The average Bonchev–Trinajstić information content (AvgIpc) is 0.890. The third-order valence-corrected chi connectivity index (χ3v) is 22.2. The van der Waals surface area contributed by atoms with E-state index in [1.54, 1.807) is 87.3 Å². The van der Waals surface area contributed by atoms with Gasteiger partial charge in [-0.05, 0) is 171 Å². The van der Waals surface area contributed by atoms with E-state index in [1.165, 1.54) is 0 Å². The van der Waals surface area contributed by atoms with Crippen LogP contribution in [-0.4, -0.2) is 147 Å². The SMILES string of the molecule is C=Cc1ccc(C(=O)OCCS(=O)(=O)CC[C@@H]2CN3CC[C@@H]2C[C@H]3[C@@H](Oc2nnc(O[C@@H](c3ccnc4ccc(OC)cc34)[C@H]3C[C@@H]4CCN3C[C@@H]4CCS(=O)(=O)CCOC(=O)c3ccc(C=C)cc3)c3ccccc23)c2ccnc3ccc(OC)cc23)cc1. The minimum absolute atomic E-state index is 0.0154. The lowest BCUT2D eigenvalue weighted by atomic mass is 9.72. The van der Waals surface area contributed by atoms with Gasteiger partial charge in [0.15, 0.2) is 19.7 Å². The summed E-state index contributed by atoms with van der Waals surface area (Å²) in [5.41, 5.74) is 5.76. The van der Waals surface area contributed by atoms with Crippen molar-refractivity contribution < 1.29 is 54.8 Å². The van der Waals surface area contributed by atoms with Crippen LogP contribution in [0.5, 0.6) is 23.3 Å². The Morgan fingerprint density at radius 2 is 0.978 bits per heavy atom. The quantitative estimate of drug-likeness (QED) is 0.0461. The lowest BCUT2D eigenvalue weighted by Crippen LogP contribution is -2.56. The molecule has 6 aliphatic heterocycles. The fourth-order valence-corrected chi connectivity index (χ4v) is 16.3. The summed E-state index contributed by atoms with van der Waals surface area (Å²) < 4.78 is 91.0. The standard InChI is InChI=1S/C70H74N6O12S2/c1-5-45-11-15-47(16-12-45)69(77)85-33-37-89(79,80)35-27-51-43-75-31-25-49(51)39-63(75)65(55-23-29-71-61-21-19-53(83-3)41-59(55)61)87-67-57-9-7-8-10-58(57)68(74-73-67)88-66(56-24-30-72-62-22-20-54(84-4)42-60(56)62)64-40-50-26-32-76(64)44-52(50)28-36-90(81,82)38-34-86-70(78)48-17-13-46(6-2)14-18-48/h5-24,29-30,41-42,49-52,63-66H,1-2,25-28,31-40,43-44H2,3-4H3/t49-,50+,51-,52+,63+,64-,65-,66-/m0/s1. The van der Waals surface area contributed by atoms with E-state index in [9.17, 15) is 26.4 Å². The smallest absolute Gasteiger partial charge is 0.338 e. The van der Waals surface area contributed by atoms with Crippen molar-refractivity contribution in [2.75, 3.05) is 76.6 Å². The number of fused-ring (bicyclic) bond motifs is 9. The summed E-state index contributed by atoms with van der Waals surface area (Å²) in [7, 11) is -3.80. The highest BCUT2D eigenvalue weighted by Gasteiger charge is 2.47. The van der Waals surface area contributed by atoms with Crippen molar-refractivity contribution in [3.05, 3.63) is 180 Å². The lowest BCUT2D eigenvalue weighted by Gasteiger charge is -2.52. The lowest BCUT2D eigenvalue weighted by molar-refractivity contribution is -0.0503. The van der Waals surface area contributed by atoms with Crippen molar-refractivity contribution in [1.82, 2.24) is 30.0 Å². The zero-order valence-electron chi connectivity index (χ0n) is 50.6. The number of benzene rings is 5. The number of hydrogen-bond donors (Lipinski definition) is 0. The first-order chi connectivity index (χ1) is 43.7. The van der Waals surface area contributed by atoms with Gasteiger partial charge in [0, 0.05) is 47.4 Å². The number of carbonyl (C=O) groups is 2. The molecule has 0 spiro atoms. The minimum Gasteiger partial charge on any atom is -0.497 e. The monoisotopic (exact) mass is 1250 g/mol. The molecule has 6 fully saturated rings. The van der Waals surface area contributed by atoms with Crippen LogP contribution in [0.15, 0.2) is 147 Å². The first-order valence-electron chi connectivity index (χ1n) is 30.8. The van der Waals surface area contributed by atoms with Gasteiger partial charge in [0.25, 0.3) is 0 Å². The van der Waals surface area contributed by atoms with E-state index < -0.39 is 43.8 Å². The highest BCUT2D eigenvalue weighted by molar-refractivity contribution is 7.91. The first kappa shape index (κ1) is 61.9. The van der Waals surface area contributed by atoms with Crippen molar-refractivity contribution in [3.8, 4) is 23.3 Å². The number of esters is 2. The number of hydrogen-bond acceptors (Lipinski definition) is 18. The Morgan fingerprint density at radius 1 is 0.556 bits per heavy atom. The molecular formula is C70H74N6O12S2. The number of ether oxygens (including phenoxy) is 6. The van der Waals surface area contributed by atoms with Gasteiger partial charge in [0.1, 0.15) is 36.9 Å². The Balaban J connectivity index is 0.785. The molecular weight excluding hydrogens is 1180 g/mol. The van der Waals surface area contributed by atoms with Crippen LogP contribution >= 0.6 is 0 Å². The zero-order valence-corrected chi connectivity index (χ0v) is 52.2. The highest BCUT2D eigenvalue weighted by atomic mass is 32.2. The second kappa shape index (κ2) is 27.0. The summed E-state index contributed by atoms with van der Waals surface area (Å²) in [5.74, 6) is 0.966. The van der Waals surface area contributed by atoms with E-state index in [4.69, 9.17) is 48.6 Å². The van der Waals surface area contributed by atoms with Crippen molar-refractivity contribution in [3.63, 3.8) is 0 Å². The molecule has 20 heteroatoms. The molecule has 90 heavy (non-hydrogen) atoms. The molecule has 0 aliphatic carbocycles. The fourth-order valence-electron chi connectivity index (χ4n) is 13.9. The Labute approximate surface area is 525 Å². The van der Waals surface area contributed by atoms with E-state index in [1.807, 2.05) is 72.8 Å². The first-order valence-corrected chi connectivity index (χ1v) is 34.4. The van der Waals surface area contributed by atoms with E-state index in [-0.39, 0.29) is 72.0 Å². The molecule has 468 valence electrons. The van der Waals surface area contributed by atoms with Crippen LogP contribution in [0.1, 0.15) is 93.7 Å². The van der Waals surface area contributed by atoms with Crippen molar-refractivity contribution in [2.24, 2.45) is 23.7 Å². The molecule has 9 heterocycles. The van der Waals surface area contributed by atoms with Crippen LogP contribution in [0.2, 0.25) is 0 Å². The summed E-state index contributed by atoms with van der Waals surface area (Å²) in [5, 5.41) is 13.0. The third kappa shape index (κ3) is 13.7. The van der Waals surface area contributed by atoms with Crippen molar-refractivity contribution in [1.29, 1.82) is 0 Å². The fraction of sp³-hybridized carbons (Fsp3) is 0.371. The van der Waals surface area contributed by atoms with Gasteiger partial charge in [-0.3, -0.25) is 19.8 Å². The van der Waals surface area contributed by atoms with Crippen LogP contribution in [0.4, 0.5) is 0 Å². The van der Waals surface area contributed by atoms with Crippen LogP contribution < -0.4 is 18.9 Å². The number of sulfone groups is 2. The van der Waals surface area contributed by atoms with Gasteiger partial charge in [0.05, 0.1) is 82.2 Å². The Kier molecular flexibility index (Phi) is 18.6. The van der Waals surface area contributed by atoms with Crippen LogP contribution in [0.25, 0.3) is 44.7 Å². The number of aromatic nitrogens is 4. The molecule has 0 saturated carbocycles. The topological polar surface area (TPSA) is 216 Å². The predicted molar refractivity (Wildman–Crippen MR) is 346 cm³/mol. The zero-order chi connectivity index (χ0) is 62.5. The maximum atomic E-state index is 13.5. The second-order valence-electron chi connectivity index (χ2n) is 24.0. The molecule has 0 radical (unpaired) electrons. The van der Waals surface area contributed by atoms with Gasteiger partial charge >= 0.3 is 11.9 Å². The van der Waals surface area contributed by atoms with E-state index >= 15 is 0 Å². The Bertz CT molecular complexity index is 3920. The second-order valence-corrected chi connectivity index (χ2v) is 28.6. The molecule has 0 N–H and O–H groups in total. The molecule has 5 aromatic carbocycles. The molecule has 2 unspecified atom stereocenters. The highest BCUT2D eigenvalue weighted by Crippen LogP contribution is 2.48. The third-order valence-electron chi connectivity index (χ3n) is 18.9. The maximum absolute atomic E-state index is 13.5. The normalized spacial score (nSPS) is 21.9. The van der Waals surface area contributed by atoms with Gasteiger partial charge in [-0.1, -0.05) is 61.7 Å². The molecule has 4 bridgehead atoms. The number of piperidine rings is 6. The van der Waals surface area contributed by atoms with Crippen LogP contribution in [0.3, 0.4) is 0 Å². The van der Waals surface area contributed by atoms with Gasteiger partial charge in [-0.25, -0.2) is 26.4 Å². The molecule has 0 amide bonds. The molecule has 6 aliphatic rings. The number of rotatable bonds is 26. The summed E-state index contributed by atoms with van der Waals surface area (Å²) in [6.45, 7) is 9.99. The Hall–Kier alpha value is -8.30. The predicted octanol–water partition coefficient (Wildman–Crippen LogP) is 11.0. The maximum Gasteiger partial charge on any atom is 0.338 e. The van der Waals surface area contributed by atoms with Gasteiger partial charge in [-0.2, -0.15) is 0 Å². The van der Waals surface area contributed by atoms with E-state index in [0.29, 0.717) is 71.1 Å².